The van der Waals surface area contributed by atoms with Crippen molar-refractivity contribution in [3.8, 4) is 0 Å². The van der Waals surface area contributed by atoms with Gasteiger partial charge in [0.2, 0.25) is 5.91 Å². The van der Waals surface area contributed by atoms with Gasteiger partial charge in [0.05, 0.1) is 0 Å². The van der Waals surface area contributed by atoms with Crippen LogP contribution in [-0.2, 0) is 11.2 Å². The van der Waals surface area contributed by atoms with Gasteiger partial charge in [-0.2, -0.15) is 0 Å². The molecule has 1 aromatic heterocycles. The summed E-state index contributed by atoms with van der Waals surface area (Å²) < 4.78 is 0. The van der Waals surface area contributed by atoms with Crippen LogP contribution < -0.4 is 5.32 Å². The molecular formula is C16H22N4O2. The average Bonchev–Trinajstić information content (AvgIpc) is 3.32. The third-order valence-electron chi connectivity index (χ3n) is 4.95. The highest BCUT2D eigenvalue weighted by Crippen LogP contribution is 2.34. The van der Waals surface area contributed by atoms with Crippen LogP contribution in [0.2, 0.25) is 0 Å². The number of carbonyl (C=O) groups excluding carboxylic acids is 2. The predicted octanol–water partition coefficient (Wildman–Crippen LogP) is 1.20. The first-order valence-electron chi connectivity index (χ1n) is 8.38. The number of imidazole rings is 1. The van der Waals surface area contributed by atoms with Crippen LogP contribution in [0, 0.1) is 5.92 Å². The lowest BCUT2D eigenvalue weighted by Crippen LogP contribution is -2.40. The second-order valence-electron chi connectivity index (χ2n) is 6.71. The van der Waals surface area contributed by atoms with E-state index in [1.54, 1.807) is 0 Å². The van der Waals surface area contributed by atoms with Crippen molar-refractivity contribution in [2.45, 2.75) is 44.4 Å². The van der Waals surface area contributed by atoms with E-state index in [1.165, 1.54) is 0 Å². The van der Waals surface area contributed by atoms with Crippen LogP contribution in [-0.4, -0.2) is 46.3 Å². The summed E-state index contributed by atoms with van der Waals surface area (Å²) in [5.74, 6) is 1.64. The molecule has 3 aliphatic rings. The van der Waals surface area contributed by atoms with E-state index in [-0.39, 0.29) is 17.7 Å². The van der Waals surface area contributed by atoms with E-state index < -0.39 is 0 Å². The zero-order valence-electron chi connectivity index (χ0n) is 12.7. The standard InChI is InChI=1S/C16H22N4O2/c21-15-13-12(4-1-7-17-15)18-14(19-13)11-3-2-8-20(9-11)16(22)10-5-6-10/h10-11H,1-9H2,(H,17,21)(H,18,19)/t11-/m1/s1. The second-order valence-corrected chi connectivity index (χ2v) is 6.71. The summed E-state index contributed by atoms with van der Waals surface area (Å²) in [4.78, 5) is 34.2. The Morgan fingerprint density at radius 2 is 2.09 bits per heavy atom. The minimum atomic E-state index is -0.0725. The van der Waals surface area contributed by atoms with Gasteiger partial charge in [0.25, 0.3) is 5.91 Å². The molecule has 1 saturated heterocycles. The highest BCUT2D eigenvalue weighted by molar-refractivity contribution is 5.93. The van der Waals surface area contributed by atoms with Gasteiger partial charge >= 0.3 is 0 Å². The van der Waals surface area contributed by atoms with E-state index >= 15 is 0 Å². The molecule has 6 heteroatoms. The summed E-state index contributed by atoms with van der Waals surface area (Å²) in [5.41, 5.74) is 1.51. The Morgan fingerprint density at radius 3 is 2.91 bits per heavy atom. The molecule has 118 valence electrons. The highest BCUT2D eigenvalue weighted by Gasteiger charge is 2.36. The third-order valence-corrected chi connectivity index (χ3v) is 4.95. The van der Waals surface area contributed by atoms with E-state index in [4.69, 9.17) is 0 Å². The molecule has 1 aromatic rings. The molecule has 2 fully saturated rings. The minimum absolute atomic E-state index is 0.0725. The van der Waals surface area contributed by atoms with Crippen LogP contribution in [0.4, 0.5) is 0 Å². The lowest BCUT2D eigenvalue weighted by atomic mass is 9.97. The van der Waals surface area contributed by atoms with Crippen LogP contribution in [0.15, 0.2) is 0 Å². The predicted molar refractivity (Wildman–Crippen MR) is 80.5 cm³/mol. The number of hydrogen-bond donors (Lipinski definition) is 2. The van der Waals surface area contributed by atoms with Gasteiger partial charge < -0.3 is 15.2 Å². The number of fused-ring (bicyclic) bond motifs is 1. The quantitative estimate of drug-likeness (QED) is 0.861. The molecule has 0 unspecified atom stereocenters. The Morgan fingerprint density at radius 1 is 1.23 bits per heavy atom. The summed E-state index contributed by atoms with van der Waals surface area (Å²) in [5, 5.41) is 2.88. The number of hydrogen-bond acceptors (Lipinski definition) is 3. The molecule has 22 heavy (non-hydrogen) atoms. The second kappa shape index (κ2) is 5.41. The number of aryl methyl sites for hydroxylation is 1. The number of aromatic amines is 1. The number of H-pyrrole nitrogens is 1. The van der Waals surface area contributed by atoms with Crippen LogP contribution in [0.3, 0.4) is 0 Å². The smallest absolute Gasteiger partial charge is 0.271 e. The van der Waals surface area contributed by atoms with Gasteiger partial charge in [-0.15, -0.1) is 0 Å². The van der Waals surface area contributed by atoms with Gasteiger partial charge in [0.1, 0.15) is 11.5 Å². The van der Waals surface area contributed by atoms with Crippen molar-refractivity contribution in [3.05, 3.63) is 17.2 Å². The first-order chi connectivity index (χ1) is 10.7. The summed E-state index contributed by atoms with van der Waals surface area (Å²) in [7, 11) is 0. The van der Waals surface area contributed by atoms with Crippen LogP contribution >= 0.6 is 0 Å². The molecule has 1 atom stereocenters. The van der Waals surface area contributed by atoms with Crippen molar-refractivity contribution in [1.29, 1.82) is 0 Å². The molecule has 0 aromatic carbocycles. The minimum Gasteiger partial charge on any atom is -0.351 e. The summed E-state index contributed by atoms with van der Waals surface area (Å²) in [6, 6.07) is 0. The number of amides is 2. The van der Waals surface area contributed by atoms with E-state index in [0.717, 1.165) is 63.1 Å². The van der Waals surface area contributed by atoms with Crippen molar-refractivity contribution >= 4 is 11.8 Å². The topological polar surface area (TPSA) is 78.1 Å². The molecule has 6 nitrogen and oxygen atoms in total. The van der Waals surface area contributed by atoms with Crippen LogP contribution in [0.5, 0.6) is 0 Å². The molecule has 2 amide bonds. The summed E-state index contributed by atoms with van der Waals surface area (Å²) in [6.45, 7) is 2.32. The van der Waals surface area contributed by atoms with Crippen LogP contribution in [0.1, 0.15) is 60.0 Å². The number of nitrogens with one attached hydrogen (secondary N) is 2. The maximum Gasteiger partial charge on any atom is 0.271 e. The molecule has 0 bridgehead atoms. The molecule has 2 aliphatic heterocycles. The number of likely N-dealkylation sites (tertiary alicyclic amines) is 1. The Labute approximate surface area is 129 Å². The SMILES string of the molecule is O=C1NCCCc2[nH]c([C@@H]3CCCN(C(=O)C4CC4)C3)nc21. The number of aromatic nitrogens is 2. The first-order valence-corrected chi connectivity index (χ1v) is 8.38. The van der Waals surface area contributed by atoms with Gasteiger partial charge in [0.15, 0.2) is 0 Å². The lowest BCUT2D eigenvalue weighted by Gasteiger charge is -2.32. The number of carbonyl (C=O) groups is 2. The van der Waals surface area contributed by atoms with Crippen molar-refractivity contribution in [3.63, 3.8) is 0 Å². The zero-order chi connectivity index (χ0) is 15.1. The molecule has 1 aliphatic carbocycles. The summed E-state index contributed by atoms with van der Waals surface area (Å²) >= 11 is 0. The van der Waals surface area contributed by atoms with Gasteiger partial charge in [-0.25, -0.2) is 4.98 Å². The van der Waals surface area contributed by atoms with Gasteiger partial charge in [-0.05, 0) is 38.5 Å². The fraction of sp³-hybridized carbons (Fsp3) is 0.688. The van der Waals surface area contributed by atoms with E-state index in [1.807, 2.05) is 4.90 Å². The largest absolute Gasteiger partial charge is 0.351 e. The van der Waals surface area contributed by atoms with Crippen LogP contribution in [0.25, 0.3) is 0 Å². The van der Waals surface area contributed by atoms with Crippen molar-refractivity contribution in [1.82, 2.24) is 20.2 Å². The molecule has 0 spiro atoms. The van der Waals surface area contributed by atoms with Crippen molar-refractivity contribution in [2.75, 3.05) is 19.6 Å². The van der Waals surface area contributed by atoms with Crippen molar-refractivity contribution in [2.24, 2.45) is 5.92 Å². The molecule has 2 N–H and O–H groups in total. The lowest BCUT2D eigenvalue weighted by molar-refractivity contribution is -0.133. The maximum absolute atomic E-state index is 12.3. The Balaban J connectivity index is 1.52. The number of nitrogens with zero attached hydrogens (tertiary/aromatic N) is 2. The Hall–Kier alpha value is -1.85. The number of rotatable bonds is 2. The molecule has 4 rings (SSSR count). The normalized spacial score (nSPS) is 25.4. The molecule has 3 heterocycles. The van der Waals surface area contributed by atoms with E-state index in [2.05, 4.69) is 15.3 Å². The average molecular weight is 302 g/mol. The fourth-order valence-corrected chi connectivity index (χ4v) is 3.53. The number of piperidine rings is 1. The Kier molecular flexibility index (Phi) is 3.39. The molecular weight excluding hydrogens is 280 g/mol. The summed E-state index contributed by atoms with van der Waals surface area (Å²) in [6.07, 6.45) is 5.95. The highest BCUT2D eigenvalue weighted by atomic mass is 16.2. The molecule has 0 radical (unpaired) electrons. The van der Waals surface area contributed by atoms with Crippen molar-refractivity contribution < 1.29 is 9.59 Å². The van der Waals surface area contributed by atoms with Gasteiger partial charge in [-0.1, -0.05) is 0 Å². The monoisotopic (exact) mass is 302 g/mol. The van der Waals surface area contributed by atoms with E-state index in [9.17, 15) is 9.59 Å². The van der Waals surface area contributed by atoms with Gasteiger partial charge in [0, 0.05) is 37.2 Å². The fourth-order valence-electron chi connectivity index (χ4n) is 3.53. The Bertz CT molecular complexity index is 605. The zero-order valence-corrected chi connectivity index (χ0v) is 12.7. The van der Waals surface area contributed by atoms with E-state index in [0.29, 0.717) is 18.1 Å². The maximum atomic E-state index is 12.3. The third kappa shape index (κ3) is 2.51. The first kappa shape index (κ1) is 13.8. The molecule has 1 saturated carbocycles. The van der Waals surface area contributed by atoms with Gasteiger partial charge in [-0.3, -0.25) is 9.59 Å².